The minimum atomic E-state index is 0.438. The van der Waals surface area contributed by atoms with E-state index in [4.69, 9.17) is 22.8 Å². The number of benzene rings is 1. The SMILES string of the molecule is C#Cc1cc(Nc2ccnc3[nH]c(C4=CCN(C)CC4)cc23)cc(OC)c1Cl.CN(C)C=O. The van der Waals surface area contributed by atoms with Crippen molar-refractivity contribution in [3.63, 3.8) is 0 Å². The third-order valence-electron chi connectivity index (χ3n) is 5.19. The highest BCUT2D eigenvalue weighted by Crippen LogP contribution is 2.35. The van der Waals surface area contributed by atoms with E-state index in [0.29, 0.717) is 16.3 Å². The van der Waals surface area contributed by atoms with Crippen LogP contribution in [0.1, 0.15) is 17.7 Å². The first-order valence-electron chi connectivity index (χ1n) is 10.4. The van der Waals surface area contributed by atoms with Gasteiger partial charge in [-0.3, -0.25) is 4.79 Å². The van der Waals surface area contributed by atoms with Gasteiger partial charge in [0, 0.05) is 61.8 Å². The molecule has 8 heteroatoms. The van der Waals surface area contributed by atoms with Gasteiger partial charge < -0.3 is 24.8 Å². The molecule has 3 heterocycles. The molecule has 7 nitrogen and oxygen atoms in total. The lowest BCUT2D eigenvalue weighted by atomic mass is 10.1. The van der Waals surface area contributed by atoms with Crippen LogP contribution >= 0.6 is 11.6 Å². The Balaban J connectivity index is 0.000000555. The summed E-state index contributed by atoms with van der Waals surface area (Å²) < 4.78 is 5.35. The van der Waals surface area contributed by atoms with Gasteiger partial charge in [-0.1, -0.05) is 23.6 Å². The molecule has 172 valence electrons. The standard InChI is InChI=1S/C22H21ClN4O.C3H7NO/c1-4-14-11-16(12-20(28-3)21(14)23)25-18-5-8-24-22-17(18)13-19(26-22)15-6-9-27(2)10-7-15;1-4(2)3-5/h1,5-6,8,11-13H,7,9-10H2,2-3H3,(H2,24,25,26);3H,1-2H3. The van der Waals surface area contributed by atoms with E-state index < -0.39 is 0 Å². The maximum Gasteiger partial charge on any atom is 0.209 e. The first-order valence-corrected chi connectivity index (χ1v) is 10.8. The number of likely N-dealkylation sites (N-methyl/N-ethyl adjacent to an activating group) is 1. The molecule has 2 aromatic heterocycles. The quantitative estimate of drug-likeness (QED) is 0.432. The Hall–Kier alpha value is -3.47. The van der Waals surface area contributed by atoms with Crippen molar-refractivity contribution in [2.75, 3.05) is 46.7 Å². The van der Waals surface area contributed by atoms with Crippen molar-refractivity contribution in [3.8, 4) is 18.1 Å². The number of ether oxygens (including phenoxy) is 1. The summed E-state index contributed by atoms with van der Waals surface area (Å²) in [5.41, 5.74) is 5.61. The minimum Gasteiger partial charge on any atom is -0.495 e. The van der Waals surface area contributed by atoms with E-state index in [1.807, 2.05) is 18.2 Å². The highest BCUT2D eigenvalue weighted by molar-refractivity contribution is 6.33. The number of pyridine rings is 1. The average molecular weight is 466 g/mol. The van der Waals surface area contributed by atoms with Gasteiger partial charge in [-0.25, -0.2) is 4.98 Å². The summed E-state index contributed by atoms with van der Waals surface area (Å²) in [5, 5.41) is 4.89. The average Bonchev–Trinajstić information content (AvgIpc) is 3.26. The number of nitrogens with zero attached hydrogens (tertiary/aromatic N) is 3. The first kappa shape index (κ1) is 24.2. The van der Waals surface area contributed by atoms with E-state index in [2.05, 4.69) is 45.3 Å². The molecule has 0 fully saturated rings. The Morgan fingerprint density at radius 1 is 1.36 bits per heavy atom. The number of aromatic nitrogens is 2. The number of methoxy groups -OCH3 is 1. The van der Waals surface area contributed by atoms with Crippen LogP contribution in [0.15, 0.2) is 36.5 Å². The number of hydrogen-bond acceptors (Lipinski definition) is 5. The van der Waals surface area contributed by atoms with Crippen LogP contribution in [-0.2, 0) is 4.79 Å². The van der Waals surface area contributed by atoms with Crippen LogP contribution in [0.25, 0.3) is 16.6 Å². The Labute approximate surface area is 199 Å². The summed E-state index contributed by atoms with van der Waals surface area (Å²) in [5.74, 6) is 3.14. The predicted octanol–water partition coefficient (Wildman–Crippen LogP) is 4.37. The second kappa shape index (κ2) is 10.9. The molecule has 0 bridgehead atoms. The van der Waals surface area contributed by atoms with Crippen LogP contribution in [-0.4, -0.2) is 67.5 Å². The summed E-state index contributed by atoms with van der Waals surface area (Å²) in [7, 11) is 7.08. The highest BCUT2D eigenvalue weighted by Gasteiger charge is 2.15. The van der Waals surface area contributed by atoms with Crippen molar-refractivity contribution in [2.45, 2.75) is 6.42 Å². The topological polar surface area (TPSA) is 73.5 Å². The molecule has 0 atom stereocenters. The van der Waals surface area contributed by atoms with Crippen molar-refractivity contribution >= 4 is 46.0 Å². The van der Waals surface area contributed by atoms with Gasteiger partial charge >= 0.3 is 0 Å². The van der Waals surface area contributed by atoms with Crippen LogP contribution in [0.5, 0.6) is 5.75 Å². The van der Waals surface area contributed by atoms with Crippen LogP contribution in [0, 0.1) is 12.3 Å². The van der Waals surface area contributed by atoms with Gasteiger partial charge in [-0.15, -0.1) is 6.42 Å². The fourth-order valence-electron chi connectivity index (χ4n) is 3.40. The lowest BCUT2D eigenvalue weighted by Gasteiger charge is -2.21. The van der Waals surface area contributed by atoms with Crippen molar-refractivity contribution in [2.24, 2.45) is 0 Å². The molecule has 1 aliphatic rings. The number of terminal acetylenes is 1. The number of carbonyl (C=O) groups excluding carboxylic acids is 1. The van der Waals surface area contributed by atoms with Gasteiger partial charge in [0.05, 0.1) is 17.8 Å². The Bertz CT molecular complexity index is 1210. The lowest BCUT2D eigenvalue weighted by molar-refractivity contribution is -0.115. The first-order chi connectivity index (χ1) is 15.9. The zero-order valence-corrected chi connectivity index (χ0v) is 20.0. The molecule has 1 aliphatic heterocycles. The molecule has 2 N–H and O–H groups in total. The number of anilines is 2. The zero-order valence-electron chi connectivity index (χ0n) is 19.3. The summed E-state index contributed by atoms with van der Waals surface area (Å²) in [6.07, 6.45) is 11.4. The predicted molar refractivity (Wildman–Crippen MR) is 135 cm³/mol. The van der Waals surface area contributed by atoms with Crippen LogP contribution < -0.4 is 10.1 Å². The van der Waals surface area contributed by atoms with Crippen LogP contribution in [0.4, 0.5) is 11.4 Å². The van der Waals surface area contributed by atoms with Gasteiger partial charge in [-0.2, -0.15) is 0 Å². The van der Waals surface area contributed by atoms with E-state index in [-0.39, 0.29) is 0 Å². The van der Waals surface area contributed by atoms with Gasteiger partial charge in [0.1, 0.15) is 11.4 Å². The normalized spacial score (nSPS) is 13.4. The molecule has 33 heavy (non-hydrogen) atoms. The second-order valence-corrected chi connectivity index (χ2v) is 8.30. The Kier molecular flexibility index (Phi) is 7.99. The van der Waals surface area contributed by atoms with Crippen molar-refractivity contribution in [3.05, 3.63) is 52.8 Å². The largest absolute Gasteiger partial charge is 0.495 e. The summed E-state index contributed by atoms with van der Waals surface area (Å²) in [6.45, 7) is 2.02. The monoisotopic (exact) mass is 465 g/mol. The molecule has 0 unspecified atom stereocenters. The molecule has 0 spiro atoms. The fourth-order valence-corrected chi connectivity index (χ4v) is 3.64. The smallest absolute Gasteiger partial charge is 0.209 e. The number of fused-ring (bicyclic) bond motifs is 1. The maximum atomic E-state index is 9.43. The summed E-state index contributed by atoms with van der Waals surface area (Å²) in [4.78, 5) is 21.1. The number of amides is 1. The Morgan fingerprint density at radius 2 is 2.12 bits per heavy atom. The van der Waals surface area contributed by atoms with E-state index >= 15 is 0 Å². The minimum absolute atomic E-state index is 0.438. The van der Waals surface area contributed by atoms with E-state index in [1.54, 1.807) is 27.4 Å². The van der Waals surface area contributed by atoms with E-state index in [1.165, 1.54) is 10.5 Å². The molecule has 3 aromatic rings. The fraction of sp³-hybridized carbons (Fsp3) is 0.280. The lowest BCUT2D eigenvalue weighted by Crippen LogP contribution is -2.23. The molecule has 1 amide bonds. The number of nitrogens with one attached hydrogen (secondary N) is 2. The highest BCUT2D eigenvalue weighted by atomic mass is 35.5. The summed E-state index contributed by atoms with van der Waals surface area (Å²) in [6, 6.07) is 7.77. The number of H-pyrrole nitrogens is 1. The van der Waals surface area contributed by atoms with Gasteiger partial charge in [0.15, 0.2) is 0 Å². The third-order valence-corrected chi connectivity index (χ3v) is 5.58. The molecule has 4 rings (SSSR count). The molecule has 0 aliphatic carbocycles. The number of halogens is 1. The molecule has 0 saturated heterocycles. The number of hydrogen-bond donors (Lipinski definition) is 2. The van der Waals surface area contributed by atoms with E-state index in [0.717, 1.165) is 54.0 Å². The van der Waals surface area contributed by atoms with Crippen LogP contribution in [0.3, 0.4) is 0 Å². The van der Waals surface area contributed by atoms with Crippen molar-refractivity contribution in [1.29, 1.82) is 0 Å². The summed E-state index contributed by atoms with van der Waals surface area (Å²) >= 11 is 6.26. The second-order valence-electron chi connectivity index (χ2n) is 7.92. The Morgan fingerprint density at radius 3 is 2.73 bits per heavy atom. The molecule has 0 saturated carbocycles. The van der Waals surface area contributed by atoms with Crippen molar-refractivity contribution < 1.29 is 9.53 Å². The number of aromatic amines is 1. The van der Waals surface area contributed by atoms with Crippen LogP contribution in [0.2, 0.25) is 5.02 Å². The number of rotatable bonds is 5. The van der Waals surface area contributed by atoms with Crippen molar-refractivity contribution in [1.82, 2.24) is 19.8 Å². The van der Waals surface area contributed by atoms with Gasteiger partial charge in [0.2, 0.25) is 6.41 Å². The number of carbonyl (C=O) groups is 1. The van der Waals surface area contributed by atoms with Gasteiger partial charge in [-0.05, 0) is 37.2 Å². The van der Waals surface area contributed by atoms with Gasteiger partial charge in [0.25, 0.3) is 0 Å². The third kappa shape index (κ3) is 5.86. The molecular weight excluding hydrogens is 438 g/mol. The maximum absolute atomic E-state index is 9.43. The molecule has 1 aromatic carbocycles. The zero-order chi connectivity index (χ0) is 24.0. The molecule has 0 radical (unpaired) electrons. The molecular formula is C25H28ClN5O2. The van der Waals surface area contributed by atoms with E-state index in [9.17, 15) is 4.79 Å².